The van der Waals surface area contributed by atoms with E-state index in [9.17, 15) is 12.8 Å². The minimum absolute atomic E-state index is 0.145. The average molecular weight is 298 g/mol. The van der Waals surface area contributed by atoms with Crippen LogP contribution in [0.15, 0.2) is 29.4 Å². The summed E-state index contributed by atoms with van der Waals surface area (Å²) in [5.41, 5.74) is 5.47. The molecular weight excluding hydrogens is 283 g/mol. The lowest BCUT2D eigenvalue weighted by Gasteiger charge is -2.07. The standard InChI is InChI=1S/C12H15FN4O2S/c1-3-17-7-12(15-8(17)2)20(18,19)16-11-5-4-9(14)6-10(11)13/h4-7,16H,3,14H2,1-2H3. The van der Waals surface area contributed by atoms with Crippen molar-refractivity contribution in [3.05, 3.63) is 36.0 Å². The minimum Gasteiger partial charge on any atom is -0.399 e. The number of rotatable bonds is 4. The molecule has 0 bridgehead atoms. The zero-order valence-corrected chi connectivity index (χ0v) is 11.9. The fraction of sp³-hybridized carbons (Fsp3) is 0.250. The van der Waals surface area contributed by atoms with Gasteiger partial charge < -0.3 is 10.3 Å². The second kappa shape index (κ2) is 5.12. The molecule has 6 nitrogen and oxygen atoms in total. The van der Waals surface area contributed by atoms with E-state index in [-0.39, 0.29) is 16.4 Å². The second-order valence-electron chi connectivity index (χ2n) is 4.26. The smallest absolute Gasteiger partial charge is 0.281 e. The molecule has 1 aromatic heterocycles. The molecule has 1 aromatic carbocycles. The molecule has 0 saturated heterocycles. The molecule has 0 aliphatic carbocycles. The highest BCUT2D eigenvalue weighted by Gasteiger charge is 2.20. The topological polar surface area (TPSA) is 90.0 Å². The van der Waals surface area contributed by atoms with Gasteiger partial charge >= 0.3 is 0 Å². The maximum absolute atomic E-state index is 13.6. The summed E-state index contributed by atoms with van der Waals surface area (Å²) >= 11 is 0. The summed E-state index contributed by atoms with van der Waals surface area (Å²) in [6.07, 6.45) is 1.41. The molecule has 108 valence electrons. The van der Waals surface area contributed by atoms with Crippen molar-refractivity contribution >= 4 is 21.4 Å². The van der Waals surface area contributed by atoms with Crippen LogP contribution in [0.4, 0.5) is 15.8 Å². The van der Waals surface area contributed by atoms with Crippen molar-refractivity contribution in [2.24, 2.45) is 0 Å². The van der Waals surface area contributed by atoms with Gasteiger partial charge in [0.05, 0.1) is 5.69 Å². The third-order valence-corrected chi connectivity index (χ3v) is 4.04. The van der Waals surface area contributed by atoms with E-state index < -0.39 is 15.8 Å². The number of nitrogens with zero attached hydrogens (tertiary/aromatic N) is 2. The zero-order chi connectivity index (χ0) is 14.9. The number of imidazole rings is 1. The van der Waals surface area contributed by atoms with E-state index in [0.29, 0.717) is 12.4 Å². The number of aromatic nitrogens is 2. The predicted octanol–water partition coefficient (Wildman–Crippen LogP) is 1.73. The largest absolute Gasteiger partial charge is 0.399 e. The predicted molar refractivity (Wildman–Crippen MR) is 74.3 cm³/mol. The highest BCUT2D eigenvalue weighted by molar-refractivity contribution is 7.92. The Morgan fingerprint density at radius 1 is 1.45 bits per heavy atom. The van der Waals surface area contributed by atoms with E-state index in [2.05, 4.69) is 9.71 Å². The molecule has 20 heavy (non-hydrogen) atoms. The maximum atomic E-state index is 13.6. The summed E-state index contributed by atoms with van der Waals surface area (Å²) in [5.74, 6) is -0.161. The minimum atomic E-state index is -3.92. The van der Waals surface area contributed by atoms with Crippen molar-refractivity contribution in [1.82, 2.24) is 9.55 Å². The zero-order valence-electron chi connectivity index (χ0n) is 11.1. The number of hydrogen-bond acceptors (Lipinski definition) is 4. The summed E-state index contributed by atoms with van der Waals surface area (Å²) in [6.45, 7) is 4.18. The molecule has 0 atom stereocenters. The Bertz CT molecular complexity index is 740. The van der Waals surface area contributed by atoms with Gasteiger partial charge in [-0.3, -0.25) is 4.72 Å². The number of nitrogen functional groups attached to an aromatic ring is 1. The normalized spacial score (nSPS) is 11.6. The second-order valence-corrected chi connectivity index (χ2v) is 5.89. The lowest BCUT2D eigenvalue weighted by Crippen LogP contribution is -2.14. The summed E-state index contributed by atoms with van der Waals surface area (Å²) in [4.78, 5) is 3.96. The molecule has 3 N–H and O–H groups in total. The first-order valence-electron chi connectivity index (χ1n) is 5.95. The van der Waals surface area contributed by atoms with Gasteiger partial charge in [-0.15, -0.1) is 0 Å². The van der Waals surface area contributed by atoms with Crippen molar-refractivity contribution < 1.29 is 12.8 Å². The Morgan fingerprint density at radius 3 is 2.70 bits per heavy atom. The summed E-state index contributed by atoms with van der Waals surface area (Å²) in [6, 6.07) is 3.73. The molecule has 1 heterocycles. The van der Waals surface area contributed by atoms with E-state index in [0.717, 1.165) is 6.07 Å². The fourth-order valence-corrected chi connectivity index (χ4v) is 2.82. The van der Waals surface area contributed by atoms with Gasteiger partial charge in [-0.05, 0) is 32.0 Å². The van der Waals surface area contributed by atoms with Gasteiger partial charge in [0.25, 0.3) is 10.0 Å². The van der Waals surface area contributed by atoms with Crippen LogP contribution in [0, 0.1) is 12.7 Å². The highest BCUT2D eigenvalue weighted by Crippen LogP contribution is 2.20. The van der Waals surface area contributed by atoms with Crippen molar-refractivity contribution in [1.29, 1.82) is 0 Å². The van der Waals surface area contributed by atoms with Gasteiger partial charge in [0.1, 0.15) is 11.6 Å². The summed E-state index contributed by atoms with van der Waals surface area (Å²) in [5, 5.41) is -0.145. The molecule has 2 aromatic rings. The molecule has 0 aliphatic rings. The van der Waals surface area contributed by atoms with Gasteiger partial charge in [-0.2, -0.15) is 8.42 Å². The van der Waals surface area contributed by atoms with Gasteiger partial charge in [0, 0.05) is 18.4 Å². The van der Waals surface area contributed by atoms with Crippen molar-refractivity contribution in [2.45, 2.75) is 25.4 Å². The fourth-order valence-electron chi connectivity index (χ4n) is 1.74. The molecule has 2 rings (SSSR count). The molecule has 0 fully saturated rings. The first kappa shape index (κ1) is 14.3. The van der Waals surface area contributed by atoms with Crippen LogP contribution >= 0.6 is 0 Å². The van der Waals surface area contributed by atoms with Crippen LogP contribution in [-0.2, 0) is 16.6 Å². The van der Waals surface area contributed by atoms with Crippen molar-refractivity contribution in [3.63, 3.8) is 0 Å². The lowest BCUT2D eigenvalue weighted by atomic mass is 10.3. The molecule has 0 spiro atoms. The number of anilines is 2. The number of hydrogen-bond donors (Lipinski definition) is 2. The number of sulfonamides is 1. The molecular formula is C12H15FN4O2S. The number of aryl methyl sites for hydroxylation is 2. The first-order chi connectivity index (χ1) is 9.33. The van der Waals surface area contributed by atoms with Crippen LogP contribution in [0.3, 0.4) is 0 Å². The first-order valence-corrected chi connectivity index (χ1v) is 7.43. The van der Waals surface area contributed by atoms with Gasteiger partial charge in [0.2, 0.25) is 0 Å². The third-order valence-electron chi connectivity index (χ3n) is 2.81. The van der Waals surface area contributed by atoms with E-state index in [4.69, 9.17) is 5.73 Å². The van der Waals surface area contributed by atoms with Gasteiger partial charge in [0.15, 0.2) is 5.03 Å². The van der Waals surface area contributed by atoms with E-state index in [1.54, 1.807) is 11.5 Å². The van der Waals surface area contributed by atoms with Crippen LogP contribution in [0.2, 0.25) is 0 Å². The van der Waals surface area contributed by atoms with Crippen molar-refractivity contribution in [2.75, 3.05) is 10.5 Å². The molecule has 8 heteroatoms. The van der Waals surface area contributed by atoms with Crippen LogP contribution in [-0.4, -0.2) is 18.0 Å². The monoisotopic (exact) mass is 298 g/mol. The maximum Gasteiger partial charge on any atom is 0.281 e. The van der Waals surface area contributed by atoms with Crippen LogP contribution in [0.25, 0.3) is 0 Å². The summed E-state index contributed by atoms with van der Waals surface area (Å²) < 4.78 is 41.7. The van der Waals surface area contributed by atoms with E-state index in [1.165, 1.54) is 18.3 Å². The van der Waals surface area contributed by atoms with E-state index >= 15 is 0 Å². The molecule has 0 saturated carbocycles. The Hall–Kier alpha value is -2.09. The van der Waals surface area contributed by atoms with Crippen LogP contribution in [0.5, 0.6) is 0 Å². The molecule has 0 amide bonds. The number of nitrogens with one attached hydrogen (secondary N) is 1. The van der Waals surface area contributed by atoms with Crippen molar-refractivity contribution in [3.8, 4) is 0 Å². The highest BCUT2D eigenvalue weighted by atomic mass is 32.2. The number of halogens is 1. The quantitative estimate of drug-likeness (QED) is 0.841. The average Bonchev–Trinajstić information content (AvgIpc) is 2.75. The summed E-state index contributed by atoms with van der Waals surface area (Å²) in [7, 11) is -3.92. The number of benzene rings is 1. The van der Waals surface area contributed by atoms with E-state index in [1.807, 2.05) is 6.92 Å². The third kappa shape index (κ3) is 2.74. The molecule has 0 radical (unpaired) electrons. The van der Waals surface area contributed by atoms with Gasteiger partial charge in [-0.25, -0.2) is 9.37 Å². The molecule has 0 unspecified atom stereocenters. The lowest BCUT2D eigenvalue weighted by molar-refractivity contribution is 0.595. The Balaban J connectivity index is 2.35. The Morgan fingerprint density at radius 2 is 2.15 bits per heavy atom. The van der Waals surface area contributed by atoms with Gasteiger partial charge in [-0.1, -0.05) is 0 Å². The Labute approximate surface area is 116 Å². The number of nitrogens with two attached hydrogens (primary N) is 1. The van der Waals surface area contributed by atoms with Crippen LogP contribution in [0.1, 0.15) is 12.7 Å². The molecule has 0 aliphatic heterocycles. The Kier molecular flexibility index (Phi) is 3.67. The SMILES string of the molecule is CCn1cc(S(=O)(=O)Nc2ccc(N)cc2F)nc1C. The van der Waals surface area contributed by atoms with Crippen LogP contribution < -0.4 is 10.5 Å².